The van der Waals surface area contributed by atoms with Crippen molar-refractivity contribution in [3.63, 3.8) is 0 Å². The molecule has 0 fully saturated rings. The Kier molecular flexibility index (Phi) is 5.39. The average Bonchev–Trinajstić information content (AvgIpc) is 2.35. The Morgan fingerprint density at radius 3 is 2.38 bits per heavy atom. The molecule has 0 radical (unpaired) electrons. The number of sulfone groups is 1. The molecule has 0 aliphatic heterocycles. The van der Waals surface area contributed by atoms with E-state index in [0.29, 0.717) is 5.56 Å². The molecular formula is C15H24N2O3S. The van der Waals surface area contributed by atoms with Crippen LogP contribution in [0.15, 0.2) is 18.2 Å². The molecule has 0 heterocycles. The molecule has 1 amide bonds. The van der Waals surface area contributed by atoms with Crippen molar-refractivity contribution in [2.24, 2.45) is 0 Å². The summed E-state index contributed by atoms with van der Waals surface area (Å²) in [7, 11) is -3.23. The third-order valence-corrected chi connectivity index (χ3v) is 5.68. The third kappa shape index (κ3) is 4.46. The zero-order valence-electron chi connectivity index (χ0n) is 13.3. The van der Waals surface area contributed by atoms with E-state index in [0.717, 1.165) is 17.8 Å². The minimum Gasteiger partial charge on any atom is -0.385 e. The maximum Gasteiger partial charge on any atom is 0.251 e. The molecule has 0 bridgehead atoms. The molecule has 21 heavy (non-hydrogen) atoms. The second kappa shape index (κ2) is 6.47. The number of aryl methyl sites for hydroxylation is 1. The second-order valence-electron chi connectivity index (χ2n) is 5.77. The van der Waals surface area contributed by atoms with Crippen LogP contribution in [-0.4, -0.2) is 38.4 Å². The second-order valence-corrected chi connectivity index (χ2v) is 8.42. The monoisotopic (exact) mass is 312 g/mol. The van der Waals surface area contributed by atoms with Crippen molar-refractivity contribution < 1.29 is 13.2 Å². The van der Waals surface area contributed by atoms with Crippen LogP contribution in [0.25, 0.3) is 0 Å². The third-order valence-electron chi connectivity index (χ3n) is 3.53. The van der Waals surface area contributed by atoms with E-state index in [-0.39, 0.29) is 12.5 Å². The van der Waals surface area contributed by atoms with Crippen molar-refractivity contribution in [3.8, 4) is 0 Å². The van der Waals surface area contributed by atoms with E-state index in [9.17, 15) is 13.2 Å². The fraction of sp³-hybridized carbons (Fsp3) is 0.533. The van der Waals surface area contributed by atoms with E-state index in [2.05, 4.69) is 10.6 Å². The molecule has 5 nitrogen and oxygen atoms in total. The van der Waals surface area contributed by atoms with Crippen molar-refractivity contribution in [1.29, 1.82) is 0 Å². The van der Waals surface area contributed by atoms with Gasteiger partial charge in [0.25, 0.3) is 5.91 Å². The van der Waals surface area contributed by atoms with Crippen molar-refractivity contribution in [2.75, 3.05) is 24.7 Å². The molecule has 0 aliphatic rings. The van der Waals surface area contributed by atoms with Gasteiger partial charge in [0, 0.05) is 30.6 Å². The smallest absolute Gasteiger partial charge is 0.251 e. The van der Waals surface area contributed by atoms with Gasteiger partial charge in [-0.25, -0.2) is 8.42 Å². The first-order valence-electron chi connectivity index (χ1n) is 6.91. The van der Waals surface area contributed by atoms with Crippen LogP contribution in [0.3, 0.4) is 0 Å². The molecule has 1 rings (SSSR count). The number of carbonyl (C=O) groups excluding carboxylic acids is 1. The van der Waals surface area contributed by atoms with E-state index in [1.165, 1.54) is 6.26 Å². The summed E-state index contributed by atoms with van der Waals surface area (Å²) in [4.78, 5) is 12.2. The predicted molar refractivity (Wildman–Crippen MR) is 86.6 cm³/mol. The Balaban J connectivity index is 2.82. The summed E-state index contributed by atoms with van der Waals surface area (Å²) in [6.45, 7) is 7.96. The maximum atomic E-state index is 12.2. The molecule has 0 saturated carbocycles. The van der Waals surface area contributed by atoms with E-state index < -0.39 is 14.6 Å². The highest BCUT2D eigenvalue weighted by molar-refractivity contribution is 7.92. The van der Waals surface area contributed by atoms with Gasteiger partial charge in [-0.1, -0.05) is 0 Å². The highest BCUT2D eigenvalue weighted by Crippen LogP contribution is 2.17. The van der Waals surface area contributed by atoms with Gasteiger partial charge in [0.05, 0.1) is 4.75 Å². The van der Waals surface area contributed by atoms with Crippen molar-refractivity contribution >= 4 is 21.4 Å². The zero-order valence-corrected chi connectivity index (χ0v) is 14.1. The van der Waals surface area contributed by atoms with Gasteiger partial charge in [-0.3, -0.25) is 4.79 Å². The lowest BCUT2D eigenvalue weighted by atomic mass is 10.1. The van der Waals surface area contributed by atoms with Crippen molar-refractivity contribution in [3.05, 3.63) is 29.3 Å². The lowest BCUT2D eigenvalue weighted by Gasteiger charge is -2.23. The average molecular weight is 312 g/mol. The molecule has 2 N–H and O–H groups in total. The number of carbonyl (C=O) groups is 1. The van der Waals surface area contributed by atoms with Crippen LogP contribution in [0.5, 0.6) is 0 Å². The molecular weight excluding hydrogens is 288 g/mol. The number of benzene rings is 1. The normalized spacial score (nSPS) is 12.0. The van der Waals surface area contributed by atoms with E-state index in [1.807, 2.05) is 26.0 Å². The molecule has 0 aliphatic carbocycles. The minimum absolute atomic E-state index is 0.0824. The first kappa shape index (κ1) is 17.5. The van der Waals surface area contributed by atoms with E-state index >= 15 is 0 Å². The standard InChI is InChI=1S/C15H24N2O3S/c1-6-16-12-7-8-13(11(2)9-12)14(18)17-10-15(3,4)21(5,19)20/h7-9,16H,6,10H2,1-5H3,(H,17,18). The Hall–Kier alpha value is -1.56. The van der Waals surface area contributed by atoms with Gasteiger partial charge < -0.3 is 10.6 Å². The topological polar surface area (TPSA) is 75.3 Å². The van der Waals surface area contributed by atoms with Crippen molar-refractivity contribution in [2.45, 2.75) is 32.4 Å². The molecule has 6 heteroatoms. The lowest BCUT2D eigenvalue weighted by molar-refractivity contribution is 0.0950. The number of amides is 1. The zero-order chi connectivity index (χ0) is 16.3. The summed E-state index contributed by atoms with van der Waals surface area (Å²) < 4.78 is 22.3. The maximum absolute atomic E-state index is 12.2. The quantitative estimate of drug-likeness (QED) is 0.842. The van der Waals surface area contributed by atoms with E-state index in [4.69, 9.17) is 0 Å². The molecule has 0 unspecified atom stereocenters. The number of rotatable bonds is 6. The van der Waals surface area contributed by atoms with Crippen LogP contribution < -0.4 is 10.6 Å². The van der Waals surface area contributed by atoms with Crippen molar-refractivity contribution in [1.82, 2.24) is 5.32 Å². The van der Waals surface area contributed by atoms with Crippen LogP contribution in [0.1, 0.15) is 36.7 Å². The summed E-state index contributed by atoms with van der Waals surface area (Å²) in [5, 5.41) is 5.88. The lowest BCUT2D eigenvalue weighted by Crippen LogP contribution is -2.43. The molecule has 118 valence electrons. The van der Waals surface area contributed by atoms with E-state index in [1.54, 1.807) is 19.9 Å². The van der Waals surface area contributed by atoms with Crippen LogP contribution >= 0.6 is 0 Å². The summed E-state index contributed by atoms with van der Waals surface area (Å²) in [6, 6.07) is 5.49. The van der Waals surface area contributed by atoms with Gasteiger partial charge in [0.15, 0.2) is 9.84 Å². The molecule has 1 aromatic rings. The fourth-order valence-corrected chi connectivity index (χ4v) is 2.09. The van der Waals surface area contributed by atoms with Gasteiger partial charge in [-0.15, -0.1) is 0 Å². The van der Waals surface area contributed by atoms with Gasteiger partial charge in [-0.2, -0.15) is 0 Å². The first-order valence-corrected chi connectivity index (χ1v) is 8.80. The Bertz CT molecular complexity index is 622. The number of hydrogen-bond acceptors (Lipinski definition) is 4. The molecule has 1 aromatic carbocycles. The summed E-state index contributed by atoms with van der Waals surface area (Å²) in [6.07, 6.45) is 1.18. The highest BCUT2D eigenvalue weighted by Gasteiger charge is 2.30. The summed E-state index contributed by atoms with van der Waals surface area (Å²) in [5.74, 6) is -0.257. The fourth-order valence-electron chi connectivity index (χ4n) is 1.75. The molecule has 0 spiro atoms. The number of hydrogen-bond donors (Lipinski definition) is 2. The van der Waals surface area contributed by atoms with Crippen LogP contribution in [-0.2, 0) is 9.84 Å². The highest BCUT2D eigenvalue weighted by atomic mass is 32.2. The number of nitrogens with one attached hydrogen (secondary N) is 2. The van der Waals surface area contributed by atoms with Gasteiger partial charge in [0.2, 0.25) is 0 Å². The predicted octanol–water partition coefficient (Wildman–Crippen LogP) is 1.98. The Morgan fingerprint density at radius 1 is 1.29 bits per heavy atom. The summed E-state index contributed by atoms with van der Waals surface area (Å²) >= 11 is 0. The Labute approximate surface area is 127 Å². The molecule has 0 saturated heterocycles. The minimum atomic E-state index is -3.23. The SMILES string of the molecule is CCNc1ccc(C(=O)NCC(C)(C)S(C)(=O)=O)c(C)c1. The molecule has 0 atom stereocenters. The van der Waals surface area contributed by atoms with Crippen LogP contribution in [0.2, 0.25) is 0 Å². The van der Waals surface area contributed by atoms with Gasteiger partial charge in [0.1, 0.15) is 0 Å². The largest absolute Gasteiger partial charge is 0.385 e. The first-order chi connectivity index (χ1) is 9.58. The molecule has 0 aromatic heterocycles. The summed E-state index contributed by atoms with van der Waals surface area (Å²) in [5.41, 5.74) is 2.37. The Morgan fingerprint density at radius 2 is 1.90 bits per heavy atom. The van der Waals surface area contributed by atoms with Crippen LogP contribution in [0, 0.1) is 6.92 Å². The van der Waals surface area contributed by atoms with Gasteiger partial charge in [-0.05, 0) is 51.5 Å². The number of anilines is 1. The van der Waals surface area contributed by atoms with Crippen LogP contribution in [0.4, 0.5) is 5.69 Å². The van der Waals surface area contributed by atoms with Gasteiger partial charge >= 0.3 is 0 Å².